The smallest absolute Gasteiger partial charge is 0.355 e. The molecule has 3 rings (SSSR count). The van der Waals surface area contributed by atoms with Crippen LogP contribution in [0.25, 0.3) is 0 Å². The topological polar surface area (TPSA) is 58.1 Å². The van der Waals surface area contributed by atoms with Crippen LogP contribution in [-0.4, -0.2) is 22.9 Å². The Bertz CT molecular complexity index is 944. The lowest BCUT2D eigenvalue weighted by molar-refractivity contribution is -0.137. The van der Waals surface area contributed by atoms with Crippen LogP contribution in [0.4, 0.5) is 24.7 Å². The molecule has 0 bridgehead atoms. The molecule has 0 spiro atoms. The van der Waals surface area contributed by atoms with E-state index in [0.29, 0.717) is 23.6 Å². The zero-order valence-corrected chi connectivity index (χ0v) is 14.9. The lowest BCUT2D eigenvalue weighted by atomic mass is 10.1. The van der Waals surface area contributed by atoms with Crippen LogP contribution in [0.3, 0.4) is 0 Å². The number of hydrogen-bond acceptors (Lipinski definition) is 4. The van der Waals surface area contributed by atoms with Crippen LogP contribution in [0.5, 0.6) is 0 Å². The molecule has 2 aromatic carbocycles. The van der Waals surface area contributed by atoms with E-state index >= 15 is 0 Å². The molecule has 28 heavy (non-hydrogen) atoms. The average Bonchev–Trinajstić information content (AvgIpc) is 2.68. The fraction of sp³-hybridized carbons (Fsp3) is 0.150. The van der Waals surface area contributed by atoms with Gasteiger partial charge in [0.05, 0.1) is 5.56 Å². The molecule has 1 amide bonds. The summed E-state index contributed by atoms with van der Waals surface area (Å²) >= 11 is 0. The van der Waals surface area contributed by atoms with Gasteiger partial charge in [-0.3, -0.25) is 4.79 Å². The van der Waals surface area contributed by atoms with Gasteiger partial charge in [-0.1, -0.05) is 30.3 Å². The second kappa shape index (κ2) is 8.08. The number of carbonyl (C=O) groups is 1. The van der Waals surface area contributed by atoms with Crippen molar-refractivity contribution in [3.05, 3.63) is 83.8 Å². The number of nitrogens with zero attached hydrogens (tertiary/aromatic N) is 3. The predicted octanol–water partition coefficient (Wildman–Crippen LogP) is 4.38. The number of amides is 1. The van der Waals surface area contributed by atoms with Gasteiger partial charge in [-0.2, -0.15) is 13.2 Å². The third-order valence-corrected chi connectivity index (χ3v) is 4.01. The van der Waals surface area contributed by atoms with Crippen molar-refractivity contribution in [3.8, 4) is 0 Å². The molecule has 0 radical (unpaired) electrons. The second-order valence-electron chi connectivity index (χ2n) is 6.13. The number of hydrogen-bond donors (Lipinski definition) is 1. The molecule has 1 heterocycles. The number of anilines is 2. The van der Waals surface area contributed by atoms with Gasteiger partial charge in [-0.25, -0.2) is 9.97 Å². The standard InChI is InChI=1S/C20H17F3N4O/c1-27(12-14-7-9-15(10-8-14)20(21,22)23)18-11-17(24-13-25-18)19(28)26-16-5-3-2-4-6-16/h2-11,13H,12H2,1H3,(H,26,28). The van der Waals surface area contributed by atoms with Crippen molar-refractivity contribution < 1.29 is 18.0 Å². The summed E-state index contributed by atoms with van der Waals surface area (Å²) in [4.78, 5) is 22.2. The van der Waals surface area contributed by atoms with Gasteiger partial charge < -0.3 is 10.2 Å². The highest BCUT2D eigenvalue weighted by molar-refractivity contribution is 6.03. The molecule has 0 aliphatic heterocycles. The van der Waals surface area contributed by atoms with Gasteiger partial charge in [-0.05, 0) is 29.8 Å². The highest BCUT2D eigenvalue weighted by Crippen LogP contribution is 2.29. The summed E-state index contributed by atoms with van der Waals surface area (Å²) in [6.45, 7) is 0.328. The molecule has 0 aliphatic rings. The molecule has 0 saturated carbocycles. The zero-order valence-electron chi connectivity index (χ0n) is 14.9. The van der Waals surface area contributed by atoms with Crippen molar-refractivity contribution in [2.24, 2.45) is 0 Å². The van der Waals surface area contributed by atoms with Gasteiger partial charge in [0.25, 0.3) is 5.91 Å². The molecular weight excluding hydrogens is 369 g/mol. The Morgan fingerprint density at radius 2 is 1.71 bits per heavy atom. The maximum Gasteiger partial charge on any atom is 0.416 e. The Morgan fingerprint density at radius 1 is 1.04 bits per heavy atom. The van der Waals surface area contributed by atoms with Crippen LogP contribution in [-0.2, 0) is 12.7 Å². The van der Waals surface area contributed by atoms with E-state index < -0.39 is 11.7 Å². The number of rotatable bonds is 5. The molecule has 8 heteroatoms. The zero-order chi connectivity index (χ0) is 20.1. The third-order valence-electron chi connectivity index (χ3n) is 4.01. The van der Waals surface area contributed by atoms with Crippen molar-refractivity contribution in [1.29, 1.82) is 0 Å². The van der Waals surface area contributed by atoms with E-state index in [-0.39, 0.29) is 11.6 Å². The summed E-state index contributed by atoms with van der Waals surface area (Å²) < 4.78 is 38.0. The maximum absolute atomic E-state index is 12.7. The van der Waals surface area contributed by atoms with E-state index in [4.69, 9.17) is 0 Å². The van der Waals surface area contributed by atoms with E-state index in [1.54, 1.807) is 36.2 Å². The normalized spacial score (nSPS) is 11.1. The number of nitrogens with one attached hydrogen (secondary N) is 1. The first-order valence-corrected chi connectivity index (χ1v) is 8.38. The number of alkyl halides is 3. The Kier molecular flexibility index (Phi) is 5.58. The fourth-order valence-corrected chi connectivity index (χ4v) is 2.55. The molecule has 0 unspecified atom stereocenters. The van der Waals surface area contributed by atoms with E-state index in [1.165, 1.54) is 24.5 Å². The molecule has 3 aromatic rings. The van der Waals surface area contributed by atoms with Gasteiger partial charge in [-0.15, -0.1) is 0 Å². The van der Waals surface area contributed by atoms with Crippen molar-refractivity contribution in [3.63, 3.8) is 0 Å². The van der Waals surface area contributed by atoms with Gasteiger partial charge in [0.1, 0.15) is 17.8 Å². The number of halogens is 3. The van der Waals surface area contributed by atoms with Crippen molar-refractivity contribution >= 4 is 17.4 Å². The number of para-hydroxylation sites is 1. The minimum absolute atomic E-state index is 0.188. The summed E-state index contributed by atoms with van der Waals surface area (Å²) in [6.07, 6.45) is -3.09. The molecular formula is C20H17F3N4O. The molecule has 144 valence electrons. The first-order chi connectivity index (χ1) is 13.3. The van der Waals surface area contributed by atoms with Gasteiger partial charge >= 0.3 is 6.18 Å². The number of carbonyl (C=O) groups excluding carboxylic acids is 1. The van der Waals surface area contributed by atoms with Crippen LogP contribution < -0.4 is 10.2 Å². The molecule has 0 atom stereocenters. The van der Waals surface area contributed by atoms with Gasteiger partial charge in [0.2, 0.25) is 0 Å². The third kappa shape index (κ3) is 4.85. The highest BCUT2D eigenvalue weighted by Gasteiger charge is 2.29. The molecule has 0 fully saturated rings. The summed E-state index contributed by atoms with van der Waals surface area (Å²) in [5, 5.41) is 2.74. The molecule has 5 nitrogen and oxygen atoms in total. The first-order valence-electron chi connectivity index (χ1n) is 8.38. The van der Waals surface area contributed by atoms with Crippen LogP contribution >= 0.6 is 0 Å². The Hall–Kier alpha value is -3.42. The maximum atomic E-state index is 12.7. The molecule has 0 saturated heterocycles. The second-order valence-corrected chi connectivity index (χ2v) is 6.13. The SMILES string of the molecule is CN(Cc1ccc(C(F)(F)F)cc1)c1cc(C(=O)Nc2ccccc2)ncn1. The highest BCUT2D eigenvalue weighted by atomic mass is 19.4. The van der Waals surface area contributed by atoms with E-state index in [2.05, 4.69) is 15.3 Å². The van der Waals surface area contributed by atoms with Crippen molar-refractivity contribution in [2.75, 3.05) is 17.3 Å². The van der Waals surface area contributed by atoms with Crippen LogP contribution in [0.1, 0.15) is 21.6 Å². The molecule has 1 N–H and O–H groups in total. The van der Waals surface area contributed by atoms with Crippen LogP contribution in [0.2, 0.25) is 0 Å². The largest absolute Gasteiger partial charge is 0.416 e. The van der Waals surface area contributed by atoms with Gasteiger partial charge in [0, 0.05) is 25.3 Å². The molecule has 0 aliphatic carbocycles. The molecule has 1 aromatic heterocycles. The minimum atomic E-state index is -4.36. The fourth-order valence-electron chi connectivity index (χ4n) is 2.55. The Labute approximate surface area is 159 Å². The summed E-state index contributed by atoms with van der Waals surface area (Å²) in [5.41, 5.74) is 0.823. The van der Waals surface area contributed by atoms with Crippen LogP contribution in [0.15, 0.2) is 67.0 Å². The summed E-state index contributed by atoms with van der Waals surface area (Å²) in [7, 11) is 1.74. The first kappa shape index (κ1) is 19.3. The monoisotopic (exact) mass is 386 g/mol. The lowest BCUT2D eigenvalue weighted by Gasteiger charge is -2.19. The number of benzene rings is 2. The quantitative estimate of drug-likeness (QED) is 0.707. The van der Waals surface area contributed by atoms with Crippen molar-refractivity contribution in [2.45, 2.75) is 12.7 Å². The number of aromatic nitrogens is 2. The Morgan fingerprint density at radius 3 is 2.36 bits per heavy atom. The van der Waals surface area contributed by atoms with Crippen molar-refractivity contribution in [1.82, 2.24) is 9.97 Å². The predicted molar refractivity (Wildman–Crippen MR) is 100.0 cm³/mol. The van der Waals surface area contributed by atoms with E-state index in [9.17, 15) is 18.0 Å². The Balaban J connectivity index is 1.70. The van der Waals surface area contributed by atoms with E-state index in [0.717, 1.165) is 12.1 Å². The minimum Gasteiger partial charge on any atom is -0.355 e. The van der Waals surface area contributed by atoms with Crippen LogP contribution in [0, 0.1) is 0 Å². The summed E-state index contributed by atoms with van der Waals surface area (Å²) in [5.74, 6) is 0.103. The lowest BCUT2D eigenvalue weighted by Crippen LogP contribution is -2.20. The average molecular weight is 386 g/mol. The van der Waals surface area contributed by atoms with Gasteiger partial charge in [0.15, 0.2) is 0 Å². The van der Waals surface area contributed by atoms with E-state index in [1.807, 2.05) is 6.07 Å². The summed E-state index contributed by atoms with van der Waals surface area (Å²) in [6, 6.07) is 15.4.